The van der Waals surface area contributed by atoms with E-state index in [1.165, 1.54) is 4.57 Å². The zero-order valence-corrected chi connectivity index (χ0v) is 10.8. The van der Waals surface area contributed by atoms with E-state index in [4.69, 9.17) is 4.52 Å². The Bertz CT molecular complexity index is 817. The fourth-order valence-electron chi connectivity index (χ4n) is 1.95. The summed E-state index contributed by atoms with van der Waals surface area (Å²) >= 11 is 0. The minimum Gasteiger partial charge on any atom is -0.339 e. The van der Waals surface area contributed by atoms with Gasteiger partial charge in [0.1, 0.15) is 0 Å². The Morgan fingerprint density at radius 3 is 2.76 bits per heavy atom. The van der Waals surface area contributed by atoms with Crippen LogP contribution < -0.4 is 5.76 Å². The van der Waals surface area contributed by atoms with Gasteiger partial charge in [-0.25, -0.2) is 19.3 Å². The van der Waals surface area contributed by atoms with Gasteiger partial charge in [0.2, 0.25) is 11.7 Å². The summed E-state index contributed by atoms with van der Waals surface area (Å²) in [6.45, 7) is 0.103. The summed E-state index contributed by atoms with van der Waals surface area (Å²) in [5.74, 6) is 1.30. The van der Waals surface area contributed by atoms with E-state index < -0.39 is 5.76 Å². The van der Waals surface area contributed by atoms with Gasteiger partial charge in [-0.05, 0) is 18.9 Å². The van der Waals surface area contributed by atoms with Crippen LogP contribution in [0.3, 0.4) is 0 Å². The molecule has 0 spiro atoms. The third-order valence-electron chi connectivity index (χ3n) is 3.16. The van der Waals surface area contributed by atoms with E-state index in [0.717, 1.165) is 12.8 Å². The third-order valence-corrected chi connectivity index (χ3v) is 3.16. The van der Waals surface area contributed by atoms with Crippen molar-refractivity contribution in [1.82, 2.24) is 29.8 Å². The zero-order chi connectivity index (χ0) is 14.2. The van der Waals surface area contributed by atoms with Crippen LogP contribution >= 0.6 is 0 Å². The quantitative estimate of drug-likeness (QED) is 0.685. The van der Waals surface area contributed by atoms with Crippen LogP contribution in [-0.4, -0.2) is 29.8 Å². The van der Waals surface area contributed by atoms with Crippen LogP contribution in [0.15, 0.2) is 32.3 Å². The van der Waals surface area contributed by atoms with Crippen molar-refractivity contribution in [1.29, 1.82) is 0 Å². The molecule has 0 aromatic carbocycles. The van der Waals surface area contributed by atoms with Crippen LogP contribution in [0.1, 0.15) is 30.5 Å². The lowest BCUT2D eigenvalue weighted by atomic mass is 10.4. The molecule has 0 saturated heterocycles. The highest BCUT2D eigenvalue weighted by Crippen LogP contribution is 2.38. The SMILES string of the molecule is O=c1onc(-c2ncccn2)n1Cc1noc(C2CC2)n1. The van der Waals surface area contributed by atoms with Gasteiger partial charge in [0.25, 0.3) is 0 Å². The van der Waals surface area contributed by atoms with E-state index in [1.54, 1.807) is 18.5 Å². The van der Waals surface area contributed by atoms with Crippen molar-refractivity contribution in [3.63, 3.8) is 0 Å². The molecule has 0 unspecified atom stereocenters. The van der Waals surface area contributed by atoms with Gasteiger partial charge in [-0.3, -0.25) is 4.52 Å². The van der Waals surface area contributed by atoms with Crippen molar-refractivity contribution in [3.05, 3.63) is 40.7 Å². The second-order valence-corrected chi connectivity index (χ2v) is 4.75. The predicted molar refractivity (Wildman–Crippen MR) is 67.2 cm³/mol. The molecule has 0 bridgehead atoms. The van der Waals surface area contributed by atoms with Crippen molar-refractivity contribution in [2.24, 2.45) is 0 Å². The van der Waals surface area contributed by atoms with Gasteiger partial charge >= 0.3 is 5.76 Å². The van der Waals surface area contributed by atoms with E-state index in [0.29, 0.717) is 23.5 Å². The highest BCUT2D eigenvalue weighted by molar-refractivity contribution is 5.41. The Hall–Kier alpha value is -2.84. The van der Waals surface area contributed by atoms with Crippen molar-refractivity contribution < 1.29 is 9.05 Å². The van der Waals surface area contributed by atoms with Crippen LogP contribution in [0.2, 0.25) is 0 Å². The van der Waals surface area contributed by atoms with Crippen LogP contribution in [0.25, 0.3) is 11.6 Å². The lowest BCUT2D eigenvalue weighted by Crippen LogP contribution is -2.17. The molecular formula is C12H10N6O3. The Morgan fingerprint density at radius 1 is 1.19 bits per heavy atom. The molecule has 0 radical (unpaired) electrons. The summed E-state index contributed by atoms with van der Waals surface area (Å²) in [5.41, 5.74) is 0. The maximum atomic E-state index is 11.8. The average Bonchev–Trinajstić information content (AvgIpc) is 3.16. The standard InChI is InChI=1S/C12H10N6O3/c19-12-18(6-8-15-11(20-16-8)7-2-3-7)10(17-21-12)9-13-4-1-5-14-9/h1,4-5,7H,2-3,6H2. The molecule has 3 aromatic rings. The summed E-state index contributed by atoms with van der Waals surface area (Å²) in [6.07, 6.45) is 5.26. The summed E-state index contributed by atoms with van der Waals surface area (Å²) in [5, 5.41) is 7.57. The van der Waals surface area contributed by atoms with E-state index in [9.17, 15) is 4.79 Å². The molecule has 0 atom stereocenters. The summed E-state index contributed by atoms with van der Waals surface area (Å²) < 4.78 is 11.1. The molecule has 0 N–H and O–H groups in total. The van der Waals surface area contributed by atoms with Crippen LogP contribution in [0.4, 0.5) is 0 Å². The number of hydrogen-bond acceptors (Lipinski definition) is 8. The van der Waals surface area contributed by atoms with Gasteiger partial charge < -0.3 is 4.52 Å². The predicted octanol–water partition coefficient (Wildman–Crippen LogP) is 0.602. The third kappa shape index (κ3) is 2.22. The molecule has 1 saturated carbocycles. The fraction of sp³-hybridized carbons (Fsp3) is 0.333. The first-order chi connectivity index (χ1) is 10.3. The molecule has 9 nitrogen and oxygen atoms in total. The van der Waals surface area contributed by atoms with Gasteiger partial charge in [-0.1, -0.05) is 10.3 Å². The van der Waals surface area contributed by atoms with E-state index in [-0.39, 0.29) is 12.4 Å². The van der Waals surface area contributed by atoms with Gasteiger partial charge in [0, 0.05) is 18.3 Å². The molecule has 3 aromatic heterocycles. The second kappa shape index (κ2) is 4.62. The molecular weight excluding hydrogens is 276 g/mol. The largest absolute Gasteiger partial charge is 0.442 e. The first kappa shape index (κ1) is 11.9. The van der Waals surface area contributed by atoms with Crippen LogP contribution in [0, 0.1) is 0 Å². The Morgan fingerprint density at radius 2 is 2.00 bits per heavy atom. The monoisotopic (exact) mass is 286 g/mol. The number of hydrogen-bond donors (Lipinski definition) is 0. The second-order valence-electron chi connectivity index (χ2n) is 4.75. The minimum atomic E-state index is -0.616. The molecule has 1 fully saturated rings. The molecule has 3 heterocycles. The molecule has 4 rings (SSSR count). The van der Waals surface area contributed by atoms with Gasteiger partial charge in [0.15, 0.2) is 11.6 Å². The minimum absolute atomic E-state index is 0.103. The zero-order valence-electron chi connectivity index (χ0n) is 10.8. The van der Waals surface area contributed by atoms with Crippen molar-refractivity contribution in [3.8, 4) is 11.6 Å². The van der Waals surface area contributed by atoms with Crippen LogP contribution in [-0.2, 0) is 6.54 Å². The van der Waals surface area contributed by atoms with Gasteiger partial charge in [-0.15, -0.1) is 0 Å². The Balaban J connectivity index is 1.68. The van der Waals surface area contributed by atoms with Crippen LogP contribution in [0.5, 0.6) is 0 Å². The molecule has 1 aliphatic rings. The van der Waals surface area contributed by atoms with E-state index >= 15 is 0 Å². The first-order valence-corrected chi connectivity index (χ1v) is 6.47. The summed E-state index contributed by atoms with van der Waals surface area (Å²) in [6, 6.07) is 1.67. The fourth-order valence-corrected chi connectivity index (χ4v) is 1.95. The first-order valence-electron chi connectivity index (χ1n) is 6.47. The highest BCUT2D eigenvalue weighted by atomic mass is 16.5. The molecule has 0 amide bonds. The lowest BCUT2D eigenvalue weighted by molar-refractivity contribution is 0.367. The smallest absolute Gasteiger partial charge is 0.339 e. The van der Waals surface area contributed by atoms with Crippen molar-refractivity contribution in [2.45, 2.75) is 25.3 Å². The number of nitrogens with zero attached hydrogens (tertiary/aromatic N) is 6. The Kier molecular flexibility index (Phi) is 2.62. The highest BCUT2D eigenvalue weighted by Gasteiger charge is 2.30. The topological polar surface area (TPSA) is 113 Å². The number of rotatable bonds is 4. The van der Waals surface area contributed by atoms with Gasteiger partial charge in [-0.2, -0.15) is 4.98 Å². The van der Waals surface area contributed by atoms with Crippen molar-refractivity contribution in [2.75, 3.05) is 0 Å². The summed E-state index contributed by atoms with van der Waals surface area (Å²) in [7, 11) is 0. The normalized spacial score (nSPS) is 14.5. The maximum absolute atomic E-state index is 11.8. The molecule has 21 heavy (non-hydrogen) atoms. The van der Waals surface area contributed by atoms with Gasteiger partial charge in [0.05, 0.1) is 6.54 Å². The Labute approximate surface area is 117 Å². The molecule has 0 aliphatic heterocycles. The molecule has 1 aliphatic carbocycles. The number of aromatic nitrogens is 6. The lowest BCUT2D eigenvalue weighted by Gasteiger charge is -1.99. The average molecular weight is 286 g/mol. The molecule has 106 valence electrons. The van der Waals surface area contributed by atoms with E-state index in [1.807, 2.05) is 0 Å². The van der Waals surface area contributed by atoms with Crippen molar-refractivity contribution >= 4 is 0 Å². The molecule has 9 heteroatoms. The maximum Gasteiger partial charge on any atom is 0.442 e. The summed E-state index contributed by atoms with van der Waals surface area (Å²) in [4.78, 5) is 24.1. The van der Waals surface area contributed by atoms with E-state index in [2.05, 4.69) is 29.8 Å².